The van der Waals surface area contributed by atoms with Crippen LogP contribution in [0, 0.1) is 5.92 Å². The number of thioether (sulfide) groups is 1. The van der Waals surface area contributed by atoms with Crippen molar-refractivity contribution in [2.75, 3.05) is 16.6 Å². The van der Waals surface area contributed by atoms with Crippen LogP contribution in [0.25, 0.3) is 0 Å². The van der Waals surface area contributed by atoms with Crippen molar-refractivity contribution in [3.8, 4) is 0 Å². The van der Waals surface area contributed by atoms with Crippen LogP contribution in [0.3, 0.4) is 0 Å². The summed E-state index contributed by atoms with van der Waals surface area (Å²) in [6.07, 6.45) is 0. The first-order valence-electron chi connectivity index (χ1n) is 7.67. The molecule has 0 bridgehead atoms. The average Bonchev–Trinajstić information content (AvgIpc) is 2.74. The number of nitrogens with zero attached hydrogens (tertiary/aromatic N) is 1. The third kappa shape index (κ3) is 3.72. The molecule has 2 N–H and O–H groups in total. The first-order chi connectivity index (χ1) is 12.1. The number of fused-ring (bicyclic) bond motifs is 1. The summed E-state index contributed by atoms with van der Waals surface area (Å²) in [4.78, 5) is 0.268. The van der Waals surface area contributed by atoms with Crippen molar-refractivity contribution >= 4 is 49.1 Å². The summed E-state index contributed by atoms with van der Waals surface area (Å²) in [5.41, 5.74) is 0.555. The van der Waals surface area contributed by atoms with E-state index >= 15 is 0 Å². The largest absolute Gasteiger partial charge is 0.265 e. The summed E-state index contributed by atoms with van der Waals surface area (Å²) in [6.45, 7) is 2.23. The van der Waals surface area contributed by atoms with Crippen molar-refractivity contribution in [3.63, 3.8) is 0 Å². The van der Waals surface area contributed by atoms with Gasteiger partial charge in [0.15, 0.2) is 0 Å². The van der Waals surface area contributed by atoms with E-state index in [1.54, 1.807) is 23.9 Å². The standard InChI is InChI=1S/C16H17ClN2O4S3/c1-11-9-19(14-4-2-3-5-15(14)24-10-11)26(22,23)16-8-12(25(18,20)21)6-7-13(16)17/h2-8,11H,9-10H2,1H3,(H2,18,20,21)/t11-/m1/s1. The third-order valence-corrected chi connectivity index (χ3v) is 8.50. The molecule has 0 saturated carbocycles. The normalized spacial score (nSPS) is 18.3. The maximum Gasteiger partial charge on any atom is 0.265 e. The van der Waals surface area contributed by atoms with Gasteiger partial charge >= 0.3 is 0 Å². The molecule has 1 aliphatic heterocycles. The molecule has 3 rings (SSSR count). The summed E-state index contributed by atoms with van der Waals surface area (Å²) in [7, 11) is -8.13. The number of anilines is 1. The van der Waals surface area contributed by atoms with Crippen molar-refractivity contribution in [2.24, 2.45) is 11.1 Å². The molecule has 2 aromatic carbocycles. The second-order valence-corrected chi connectivity index (χ2v) is 10.9. The van der Waals surface area contributed by atoms with Gasteiger partial charge in [0.2, 0.25) is 10.0 Å². The third-order valence-electron chi connectivity index (χ3n) is 3.93. The van der Waals surface area contributed by atoms with Gasteiger partial charge in [-0.2, -0.15) is 0 Å². The maximum absolute atomic E-state index is 13.3. The van der Waals surface area contributed by atoms with Crippen LogP contribution in [-0.4, -0.2) is 29.1 Å². The van der Waals surface area contributed by atoms with Gasteiger partial charge in [0.25, 0.3) is 10.0 Å². The first kappa shape index (κ1) is 19.5. The Balaban J connectivity index is 2.20. The lowest BCUT2D eigenvalue weighted by atomic mass is 10.2. The molecule has 10 heteroatoms. The van der Waals surface area contributed by atoms with E-state index in [1.807, 2.05) is 19.1 Å². The number of benzene rings is 2. The van der Waals surface area contributed by atoms with Crippen LogP contribution < -0.4 is 9.44 Å². The number of hydrogen-bond acceptors (Lipinski definition) is 5. The monoisotopic (exact) mass is 432 g/mol. The molecule has 140 valence electrons. The zero-order valence-electron chi connectivity index (χ0n) is 13.8. The number of nitrogens with two attached hydrogens (primary N) is 1. The number of sulfonamides is 2. The van der Waals surface area contributed by atoms with E-state index < -0.39 is 20.0 Å². The van der Waals surface area contributed by atoms with Crippen molar-refractivity contribution < 1.29 is 16.8 Å². The summed E-state index contributed by atoms with van der Waals surface area (Å²) < 4.78 is 51.2. The van der Waals surface area contributed by atoms with E-state index in [-0.39, 0.29) is 27.3 Å². The molecule has 0 amide bonds. The number of halogens is 1. The molecule has 0 spiro atoms. The topological polar surface area (TPSA) is 97.5 Å². The Bertz CT molecular complexity index is 1050. The molecule has 0 unspecified atom stereocenters. The van der Waals surface area contributed by atoms with Crippen molar-refractivity contribution in [2.45, 2.75) is 21.6 Å². The summed E-state index contributed by atoms with van der Waals surface area (Å²) in [6, 6.07) is 10.6. The van der Waals surface area contributed by atoms with Crippen molar-refractivity contribution in [1.29, 1.82) is 0 Å². The minimum Gasteiger partial charge on any atom is -0.265 e. The van der Waals surface area contributed by atoms with Crippen LogP contribution in [0.2, 0.25) is 5.02 Å². The molecule has 1 aliphatic rings. The van der Waals surface area contributed by atoms with Gasteiger partial charge < -0.3 is 0 Å². The van der Waals surface area contributed by atoms with Gasteiger partial charge in [-0.25, -0.2) is 22.0 Å². The minimum absolute atomic E-state index is 0.0561. The maximum atomic E-state index is 13.3. The fourth-order valence-electron chi connectivity index (χ4n) is 2.66. The van der Waals surface area contributed by atoms with Crippen LogP contribution in [0.15, 0.2) is 57.2 Å². The molecule has 0 fully saturated rings. The van der Waals surface area contributed by atoms with Crippen LogP contribution in [0.4, 0.5) is 5.69 Å². The SMILES string of the molecule is C[C@H]1CSc2ccccc2N(S(=O)(=O)c2cc(S(N)(=O)=O)ccc2Cl)C1. The van der Waals surface area contributed by atoms with Crippen LogP contribution >= 0.6 is 23.4 Å². The number of rotatable bonds is 3. The predicted octanol–water partition coefficient (Wildman–Crippen LogP) is 2.92. The lowest BCUT2D eigenvalue weighted by molar-refractivity contribution is 0.579. The van der Waals surface area contributed by atoms with Gasteiger partial charge in [0, 0.05) is 17.2 Å². The van der Waals surface area contributed by atoms with Gasteiger partial charge in [-0.3, -0.25) is 4.31 Å². The Morgan fingerprint density at radius 3 is 2.54 bits per heavy atom. The Hall–Kier alpha value is -1.26. The molecule has 0 aromatic heterocycles. The lowest BCUT2D eigenvalue weighted by Gasteiger charge is -2.26. The molecule has 1 heterocycles. The van der Waals surface area contributed by atoms with E-state index in [0.29, 0.717) is 5.69 Å². The Morgan fingerprint density at radius 1 is 1.15 bits per heavy atom. The van der Waals surface area contributed by atoms with Gasteiger partial charge in [0.1, 0.15) is 4.90 Å². The van der Waals surface area contributed by atoms with Gasteiger partial charge in [-0.1, -0.05) is 30.7 Å². The Labute approximate surface area is 162 Å². The van der Waals surface area contributed by atoms with E-state index in [2.05, 4.69) is 0 Å². The predicted molar refractivity (Wildman–Crippen MR) is 104 cm³/mol. The summed E-state index contributed by atoms with van der Waals surface area (Å²) >= 11 is 7.70. The number of hydrogen-bond donors (Lipinski definition) is 1. The Kier molecular flexibility index (Phi) is 5.28. The van der Waals surface area contributed by atoms with E-state index in [4.69, 9.17) is 16.7 Å². The second kappa shape index (κ2) is 7.05. The fraction of sp³-hybridized carbons (Fsp3) is 0.250. The highest BCUT2D eigenvalue weighted by atomic mass is 35.5. The highest BCUT2D eigenvalue weighted by molar-refractivity contribution is 7.99. The molecular formula is C16H17ClN2O4S3. The molecule has 6 nitrogen and oxygen atoms in total. The summed E-state index contributed by atoms with van der Waals surface area (Å²) in [5.74, 6) is 0.871. The van der Waals surface area contributed by atoms with E-state index in [0.717, 1.165) is 16.7 Å². The van der Waals surface area contributed by atoms with Crippen LogP contribution in [0.5, 0.6) is 0 Å². The van der Waals surface area contributed by atoms with Crippen molar-refractivity contribution in [1.82, 2.24) is 0 Å². The zero-order chi connectivity index (χ0) is 19.1. The molecule has 1 atom stereocenters. The highest BCUT2D eigenvalue weighted by Gasteiger charge is 2.32. The molecule has 0 saturated heterocycles. The fourth-order valence-corrected chi connectivity index (χ4v) is 6.51. The lowest BCUT2D eigenvalue weighted by Crippen LogP contribution is -2.35. The molecule has 26 heavy (non-hydrogen) atoms. The molecule has 2 aromatic rings. The molecule has 0 radical (unpaired) electrons. The quantitative estimate of drug-likeness (QED) is 0.804. The van der Waals surface area contributed by atoms with Crippen LogP contribution in [-0.2, 0) is 20.0 Å². The molecule has 0 aliphatic carbocycles. The average molecular weight is 433 g/mol. The number of primary sulfonamides is 1. The Morgan fingerprint density at radius 2 is 1.85 bits per heavy atom. The summed E-state index contributed by atoms with van der Waals surface area (Å²) in [5, 5.41) is 5.08. The van der Waals surface area contributed by atoms with Gasteiger partial charge in [0.05, 0.1) is 15.6 Å². The highest BCUT2D eigenvalue weighted by Crippen LogP contribution is 2.39. The zero-order valence-corrected chi connectivity index (χ0v) is 17.0. The first-order valence-corrected chi connectivity index (χ1v) is 12.0. The second-order valence-electron chi connectivity index (χ2n) is 6.06. The van der Waals surface area contributed by atoms with Crippen molar-refractivity contribution in [3.05, 3.63) is 47.5 Å². The smallest absolute Gasteiger partial charge is 0.265 e. The number of para-hydroxylation sites is 1. The van der Waals surface area contributed by atoms with Crippen LogP contribution in [0.1, 0.15) is 6.92 Å². The van der Waals surface area contributed by atoms with Gasteiger partial charge in [-0.15, -0.1) is 11.8 Å². The van der Waals surface area contributed by atoms with E-state index in [9.17, 15) is 16.8 Å². The van der Waals surface area contributed by atoms with Gasteiger partial charge in [-0.05, 0) is 36.2 Å². The molecular weight excluding hydrogens is 416 g/mol. The van der Waals surface area contributed by atoms with E-state index in [1.165, 1.54) is 16.4 Å². The minimum atomic E-state index is -4.08.